The maximum atomic E-state index is 13.4. The van der Waals surface area contributed by atoms with E-state index in [-0.39, 0.29) is 62.8 Å². The summed E-state index contributed by atoms with van der Waals surface area (Å²) in [6, 6.07) is 7.36. The number of fused-ring (bicyclic) bond motifs is 1. The van der Waals surface area contributed by atoms with Gasteiger partial charge in [-0.15, -0.1) is 0 Å². The van der Waals surface area contributed by atoms with E-state index in [1.807, 2.05) is 6.92 Å². The molecule has 0 unspecified atom stereocenters. The molecule has 22 heavy (non-hydrogen) atoms. The molecule has 3 rings (SSSR count). The van der Waals surface area contributed by atoms with Crippen LogP contribution in [-0.2, 0) is 6.42 Å². The maximum Gasteiger partial charge on any atom is 1.00 e. The molecule has 0 aliphatic heterocycles. The summed E-state index contributed by atoms with van der Waals surface area (Å²) >= 11 is 0. The van der Waals surface area contributed by atoms with E-state index in [0.717, 1.165) is 12.2 Å². The van der Waals surface area contributed by atoms with E-state index in [1.54, 1.807) is 12.1 Å². The van der Waals surface area contributed by atoms with Crippen molar-refractivity contribution in [1.29, 1.82) is 0 Å². The zero-order valence-electron chi connectivity index (χ0n) is 12.2. The van der Waals surface area contributed by atoms with Crippen molar-refractivity contribution in [3.63, 3.8) is 0 Å². The number of primary amides is 1. The fourth-order valence-corrected chi connectivity index (χ4v) is 2.06. The SMILES string of the molecule is CCc1ccc([N-]c2c(C(N)=O)oc3ccc(F)cc23)o1.[K+]. The Balaban J connectivity index is 0.00000176. The van der Waals surface area contributed by atoms with Crippen LogP contribution in [0.5, 0.6) is 0 Å². The molecule has 0 fully saturated rings. The van der Waals surface area contributed by atoms with Gasteiger partial charge in [-0.25, -0.2) is 4.39 Å². The first kappa shape index (κ1) is 17.2. The summed E-state index contributed by atoms with van der Waals surface area (Å²) in [5.41, 5.74) is 5.80. The van der Waals surface area contributed by atoms with E-state index in [0.29, 0.717) is 16.9 Å². The number of nitrogens with zero attached hydrogens (tertiary/aromatic N) is 1. The van der Waals surface area contributed by atoms with Crippen molar-refractivity contribution in [3.05, 3.63) is 53.0 Å². The third-order valence-corrected chi connectivity index (χ3v) is 3.07. The van der Waals surface area contributed by atoms with Gasteiger partial charge in [0.2, 0.25) is 0 Å². The summed E-state index contributed by atoms with van der Waals surface area (Å²) in [5, 5.41) is 4.61. The Morgan fingerprint density at radius 3 is 2.68 bits per heavy atom. The Kier molecular flexibility index (Phi) is 5.46. The van der Waals surface area contributed by atoms with E-state index < -0.39 is 11.7 Å². The van der Waals surface area contributed by atoms with Gasteiger partial charge in [0.15, 0.2) is 5.76 Å². The molecule has 0 atom stereocenters. The minimum atomic E-state index is -0.771. The third-order valence-electron chi connectivity index (χ3n) is 3.07. The number of aryl methyl sites for hydroxylation is 1. The van der Waals surface area contributed by atoms with Crippen molar-refractivity contribution in [2.75, 3.05) is 0 Å². The van der Waals surface area contributed by atoms with Crippen LogP contribution in [0.25, 0.3) is 16.3 Å². The first-order chi connectivity index (χ1) is 10.1. The molecule has 3 aromatic rings. The number of rotatable bonds is 4. The number of halogens is 1. The fourth-order valence-electron chi connectivity index (χ4n) is 2.06. The third kappa shape index (κ3) is 3.28. The van der Waals surface area contributed by atoms with Crippen LogP contribution >= 0.6 is 0 Å². The Morgan fingerprint density at radius 1 is 1.27 bits per heavy atom. The quantitative estimate of drug-likeness (QED) is 0.731. The molecule has 2 N–H and O–H groups in total. The zero-order valence-corrected chi connectivity index (χ0v) is 15.3. The number of nitrogens with two attached hydrogens (primary N) is 1. The number of benzene rings is 1. The smallest absolute Gasteiger partial charge is 0.623 e. The molecule has 1 amide bonds. The van der Waals surface area contributed by atoms with Gasteiger partial charge in [-0.05, 0) is 30.3 Å². The van der Waals surface area contributed by atoms with Crippen LogP contribution in [-0.4, -0.2) is 5.91 Å². The summed E-state index contributed by atoms with van der Waals surface area (Å²) in [6.07, 6.45) is 0.721. The first-order valence-corrected chi connectivity index (χ1v) is 6.40. The van der Waals surface area contributed by atoms with Crippen molar-refractivity contribution < 1.29 is 69.4 Å². The first-order valence-electron chi connectivity index (χ1n) is 6.40. The molecule has 7 heteroatoms. The minimum absolute atomic E-state index is 0. The fraction of sp³-hybridized carbons (Fsp3) is 0.133. The number of carbonyl (C=O) groups excluding carboxylic acids is 1. The maximum absolute atomic E-state index is 13.4. The predicted molar refractivity (Wildman–Crippen MR) is 75.5 cm³/mol. The van der Waals surface area contributed by atoms with Crippen LogP contribution in [0.4, 0.5) is 16.0 Å². The number of hydrogen-bond donors (Lipinski definition) is 1. The van der Waals surface area contributed by atoms with Crippen molar-refractivity contribution >= 4 is 28.4 Å². The normalized spacial score (nSPS) is 10.5. The van der Waals surface area contributed by atoms with Crippen LogP contribution in [0.1, 0.15) is 23.2 Å². The van der Waals surface area contributed by atoms with Crippen molar-refractivity contribution in [1.82, 2.24) is 0 Å². The van der Waals surface area contributed by atoms with Gasteiger partial charge < -0.3 is 19.9 Å². The van der Waals surface area contributed by atoms with E-state index in [2.05, 4.69) is 5.32 Å². The molecule has 0 saturated carbocycles. The van der Waals surface area contributed by atoms with Crippen LogP contribution < -0.4 is 57.1 Å². The number of hydrogen-bond acceptors (Lipinski definition) is 3. The second-order valence-corrected chi connectivity index (χ2v) is 4.49. The van der Waals surface area contributed by atoms with Gasteiger partial charge in [-0.3, -0.25) is 4.79 Å². The summed E-state index contributed by atoms with van der Waals surface area (Å²) < 4.78 is 24.2. The predicted octanol–water partition coefficient (Wildman–Crippen LogP) is 1.17. The molecule has 5 nitrogen and oxygen atoms in total. The number of carbonyl (C=O) groups is 1. The van der Waals surface area contributed by atoms with Crippen LogP contribution in [0.15, 0.2) is 39.2 Å². The average Bonchev–Trinajstić information content (AvgIpc) is 3.04. The molecule has 0 spiro atoms. The van der Waals surface area contributed by atoms with Gasteiger partial charge in [0, 0.05) is 17.7 Å². The van der Waals surface area contributed by atoms with Gasteiger partial charge in [0.1, 0.15) is 17.2 Å². The van der Waals surface area contributed by atoms with Crippen LogP contribution in [0.2, 0.25) is 0 Å². The molecule has 1 aromatic carbocycles. The molecule has 0 radical (unpaired) electrons. The van der Waals surface area contributed by atoms with Crippen LogP contribution in [0.3, 0.4) is 0 Å². The molecular weight excluding hydrogens is 314 g/mol. The Hall–Kier alpha value is -1.12. The number of furan rings is 2. The molecule has 0 saturated heterocycles. The number of amides is 1. The van der Waals surface area contributed by atoms with Gasteiger partial charge >= 0.3 is 51.4 Å². The van der Waals surface area contributed by atoms with Gasteiger partial charge in [0.05, 0.1) is 0 Å². The molecule has 2 heterocycles. The van der Waals surface area contributed by atoms with Gasteiger partial charge in [-0.2, -0.15) is 0 Å². The summed E-state index contributed by atoms with van der Waals surface area (Å²) in [7, 11) is 0. The minimum Gasteiger partial charge on any atom is -0.623 e. The van der Waals surface area contributed by atoms with E-state index >= 15 is 0 Å². The average molecular weight is 326 g/mol. The van der Waals surface area contributed by atoms with Crippen molar-refractivity contribution in [2.45, 2.75) is 13.3 Å². The molecule has 0 aliphatic carbocycles. The molecule has 108 valence electrons. The Bertz CT molecular complexity index is 825. The summed E-state index contributed by atoms with van der Waals surface area (Å²) in [6.45, 7) is 1.94. The van der Waals surface area contributed by atoms with E-state index in [1.165, 1.54) is 18.2 Å². The monoisotopic (exact) mass is 326 g/mol. The van der Waals surface area contributed by atoms with E-state index in [9.17, 15) is 9.18 Å². The topological polar surface area (TPSA) is 83.5 Å². The Labute approximate surface area is 168 Å². The molecule has 0 bridgehead atoms. The zero-order chi connectivity index (χ0) is 15.0. The summed E-state index contributed by atoms with van der Waals surface area (Å²) in [4.78, 5) is 11.5. The van der Waals surface area contributed by atoms with Gasteiger partial charge in [0.25, 0.3) is 5.91 Å². The van der Waals surface area contributed by atoms with Crippen LogP contribution in [0, 0.1) is 5.82 Å². The second kappa shape index (κ2) is 6.97. The molecule has 2 aromatic heterocycles. The Morgan fingerprint density at radius 2 is 2.05 bits per heavy atom. The van der Waals surface area contributed by atoms with Crippen molar-refractivity contribution in [3.8, 4) is 0 Å². The van der Waals surface area contributed by atoms with Gasteiger partial charge in [-0.1, -0.05) is 12.6 Å². The largest absolute Gasteiger partial charge is 1.00 e. The molecular formula is C15H12FKN2O3. The summed E-state index contributed by atoms with van der Waals surface area (Å²) in [5.74, 6) is -0.281. The molecule has 0 aliphatic rings. The van der Waals surface area contributed by atoms with Crippen molar-refractivity contribution in [2.24, 2.45) is 5.73 Å². The standard InChI is InChI=1S/C15H13FN2O3.K/c1-2-9-4-6-12(20-9)18-13-10-7-8(16)3-5-11(10)21-14(13)15(17)19;/h3-7H,2H2,1H3,(H3,17,18,19);/q;+1/p-1. The second-order valence-electron chi connectivity index (χ2n) is 4.49. The van der Waals surface area contributed by atoms with E-state index in [4.69, 9.17) is 14.6 Å².